The van der Waals surface area contributed by atoms with Crippen LogP contribution in [0.2, 0.25) is 5.02 Å². The molecule has 2 saturated heterocycles. The standard InChI is InChI=1S/C34H36ClN7O/c1-22-5-9-24(35)21-28(22)32-30(33(36)43)27(31(41-32)29-15-18-39-34(37)40-29)12-8-23-6-10-25(11-7-23)42(19-3-2-4-20-42)26-13-16-38-17-14-26/h5-7,9-11,15,18,21,26,38H,2-4,13-14,16-17,19-20H2,1H3,(H4-,36,37,39,40,41,43)/p+1. The number of H-pyrrole nitrogens is 1. The van der Waals surface area contributed by atoms with Crippen molar-refractivity contribution in [2.45, 2.75) is 45.1 Å². The second-order valence-corrected chi connectivity index (χ2v) is 12.0. The number of aryl methyl sites for hydroxylation is 1. The minimum absolute atomic E-state index is 0.117. The van der Waals surface area contributed by atoms with Gasteiger partial charge in [-0.3, -0.25) is 9.28 Å². The summed E-state index contributed by atoms with van der Waals surface area (Å²) in [6, 6.07) is 16.6. The van der Waals surface area contributed by atoms with E-state index in [1.807, 2.05) is 25.1 Å². The van der Waals surface area contributed by atoms with Crippen LogP contribution in [-0.2, 0) is 0 Å². The van der Waals surface area contributed by atoms with Crippen LogP contribution in [0.4, 0.5) is 11.6 Å². The lowest BCUT2D eigenvalue weighted by molar-refractivity contribution is 0.100. The number of aromatic nitrogens is 3. The van der Waals surface area contributed by atoms with E-state index in [2.05, 4.69) is 56.4 Å². The van der Waals surface area contributed by atoms with Gasteiger partial charge in [-0.1, -0.05) is 29.5 Å². The van der Waals surface area contributed by atoms with Crippen molar-refractivity contribution < 1.29 is 4.79 Å². The third-order valence-corrected chi connectivity index (χ3v) is 9.22. The SMILES string of the molecule is Cc1ccc(Cl)cc1-c1[nH]c(-c2ccnc(N)n2)c(C#Cc2ccc([N+]3(C4CCNCC4)CCCCC3)cc2)c1C(N)=O. The lowest BCUT2D eigenvalue weighted by Gasteiger charge is -2.48. The summed E-state index contributed by atoms with van der Waals surface area (Å²) < 4.78 is 1.07. The average Bonchev–Trinajstić information content (AvgIpc) is 3.42. The topological polar surface area (TPSA) is 123 Å². The van der Waals surface area contributed by atoms with E-state index in [-0.39, 0.29) is 11.5 Å². The third kappa shape index (κ3) is 5.76. The summed E-state index contributed by atoms with van der Waals surface area (Å²) in [6.07, 6.45) is 7.82. The molecule has 2 aliphatic rings. The van der Waals surface area contributed by atoms with Crippen LogP contribution < -0.4 is 21.3 Å². The largest absolute Gasteiger partial charge is 0.368 e. The van der Waals surface area contributed by atoms with Crippen molar-refractivity contribution in [2.24, 2.45) is 5.73 Å². The molecule has 220 valence electrons. The smallest absolute Gasteiger partial charge is 0.252 e. The molecule has 9 heteroatoms. The Kier molecular flexibility index (Phi) is 8.22. The van der Waals surface area contributed by atoms with E-state index in [4.69, 9.17) is 23.1 Å². The van der Waals surface area contributed by atoms with Crippen molar-refractivity contribution in [1.29, 1.82) is 0 Å². The van der Waals surface area contributed by atoms with Crippen molar-refractivity contribution in [3.05, 3.63) is 82.0 Å². The first-order valence-corrected chi connectivity index (χ1v) is 15.3. The van der Waals surface area contributed by atoms with Crippen LogP contribution in [0.25, 0.3) is 22.6 Å². The number of likely N-dealkylation sites (tertiary alicyclic amines) is 1. The normalized spacial score (nSPS) is 16.8. The third-order valence-electron chi connectivity index (χ3n) is 8.98. The number of primary amides is 1. The van der Waals surface area contributed by atoms with Crippen LogP contribution in [0.3, 0.4) is 0 Å². The number of quaternary nitrogens is 1. The zero-order chi connectivity index (χ0) is 30.0. The van der Waals surface area contributed by atoms with Crippen LogP contribution in [-0.4, -0.2) is 53.1 Å². The maximum absolute atomic E-state index is 13.0. The Hall–Kier alpha value is -4.16. The van der Waals surface area contributed by atoms with Gasteiger partial charge in [-0.25, -0.2) is 9.97 Å². The number of nitrogens with two attached hydrogens (primary N) is 2. The summed E-state index contributed by atoms with van der Waals surface area (Å²) >= 11 is 6.35. The van der Waals surface area contributed by atoms with E-state index in [0.717, 1.165) is 34.3 Å². The molecule has 2 aliphatic heterocycles. The summed E-state index contributed by atoms with van der Waals surface area (Å²) in [5.41, 5.74) is 18.2. The molecule has 2 fully saturated rings. The molecule has 6 N–H and O–H groups in total. The number of hydrogen-bond acceptors (Lipinski definition) is 5. The molecule has 4 aromatic rings. The van der Waals surface area contributed by atoms with E-state index in [1.165, 1.54) is 50.9 Å². The number of amides is 1. The van der Waals surface area contributed by atoms with Crippen LogP contribution in [0, 0.1) is 18.8 Å². The number of piperidine rings is 2. The number of rotatable bonds is 5. The molecule has 6 rings (SSSR count). The fraction of sp³-hybridized carbons (Fsp3) is 0.324. The molecule has 8 nitrogen and oxygen atoms in total. The molecule has 0 aliphatic carbocycles. The van der Waals surface area contributed by atoms with E-state index in [0.29, 0.717) is 33.7 Å². The highest BCUT2D eigenvalue weighted by Crippen LogP contribution is 2.37. The van der Waals surface area contributed by atoms with Gasteiger partial charge in [-0.2, -0.15) is 0 Å². The van der Waals surface area contributed by atoms with E-state index in [1.54, 1.807) is 12.3 Å². The van der Waals surface area contributed by atoms with Crippen molar-refractivity contribution in [3.63, 3.8) is 0 Å². The van der Waals surface area contributed by atoms with Crippen LogP contribution >= 0.6 is 11.6 Å². The molecule has 4 heterocycles. The van der Waals surface area contributed by atoms with Crippen molar-refractivity contribution >= 4 is 29.1 Å². The molecule has 0 unspecified atom stereocenters. The number of hydrogen-bond donors (Lipinski definition) is 4. The van der Waals surface area contributed by atoms with E-state index >= 15 is 0 Å². The van der Waals surface area contributed by atoms with Crippen LogP contribution in [0.5, 0.6) is 0 Å². The van der Waals surface area contributed by atoms with Crippen molar-refractivity contribution in [2.75, 3.05) is 31.9 Å². The number of nitrogens with zero attached hydrogens (tertiary/aromatic N) is 3. The van der Waals surface area contributed by atoms with Gasteiger partial charge >= 0.3 is 0 Å². The Labute approximate surface area is 257 Å². The number of carbonyl (C=O) groups excluding carboxylic acids is 1. The molecular formula is C34H37ClN7O+. The minimum Gasteiger partial charge on any atom is -0.368 e. The number of benzene rings is 2. The van der Waals surface area contributed by atoms with Crippen LogP contribution in [0.1, 0.15) is 59.2 Å². The van der Waals surface area contributed by atoms with E-state index in [9.17, 15) is 4.79 Å². The average molecular weight is 595 g/mol. The molecule has 1 amide bonds. The highest BCUT2D eigenvalue weighted by Gasteiger charge is 2.40. The van der Waals surface area contributed by atoms with Crippen molar-refractivity contribution in [3.8, 4) is 34.5 Å². The van der Waals surface area contributed by atoms with Gasteiger partial charge in [0.2, 0.25) is 5.95 Å². The Balaban J connectivity index is 1.43. The zero-order valence-corrected chi connectivity index (χ0v) is 25.2. The monoisotopic (exact) mass is 594 g/mol. The van der Waals surface area contributed by atoms with Gasteiger partial charge < -0.3 is 21.8 Å². The van der Waals surface area contributed by atoms with Gasteiger partial charge in [0.05, 0.1) is 47.3 Å². The Morgan fingerprint density at radius 3 is 2.44 bits per heavy atom. The zero-order valence-electron chi connectivity index (χ0n) is 24.4. The van der Waals surface area contributed by atoms with Gasteiger partial charge in [-0.15, -0.1) is 0 Å². The van der Waals surface area contributed by atoms with E-state index < -0.39 is 5.91 Å². The second-order valence-electron chi connectivity index (χ2n) is 11.6. The molecule has 2 aromatic carbocycles. The Bertz CT molecular complexity index is 1700. The minimum atomic E-state index is -0.600. The quantitative estimate of drug-likeness (QED) is 0.181. The Morgan fingerprint density at radius 1 is 1.00 bits per heavy atom. The first-order valence-electron chi connectivity index (χ1n) is 15.0. The predicted molar refractivity (Wildman–Crippen MR) is 174 cm³/mol. The fourth-order valence-electron chi connectivity index (χ4n) is 6.83. The Morgan fingerprint density at radius 2 is 1.74 bits per heavy atom. The molecule has 0 spiro atoms. The molecule has 0 saturated carbocycles. The second kappa shape index (κ2) is 12.2. The van der Waals surface area contributed by atoms with Gasteiger partial charge in [0.1, 0.15) is 5.69 Å². The summed E-state index contributed by atoms with van der Waals surface area (Å²) in [5.74, 6) is 6.08. The molecule has 0 bridgehead atoms. The number of nitrogen functional groups attached to an aromatic ring is 1. The molecular weight excluding hydrogens is 558 g/mol. The van der Waals surface area contributed by atoms with Crippen molar-refractivity contribution in [1.82, 2.24) is 24.8 Å². The van der Waals surface area contributed by atoms with Crippen LogP contribution in [0.15, 0.2) is 54.7 Å². The first-order chi connectivity index (χ1) is 20.9. The van der Waals surface area contributed by atoms with Gasteiger partial charge in [0.15, 0.2) is 0 Å². The summed E-state index contributed by atoms with van der Waals surface area (Å²) in [6.45, 7) is 6.51. The molecule has 2 aromatic heterocycles. The highest BCUT2D eigenvalue weighted by atomic mass is 35.5. The molecule has 0 radical (unpaired) electrons. The summed E-state index contributed by atoms with van der Waals surface area (Å²) in [4.78, 5) is 24.8. The lowest BCUT2D eigenvalue weighted by Crippen LogP contribution is -2.62. The number of halogens is 1. The van der Waals surface area contributed by atoms with Gasteiger partial charge in [-0.05, 0) is 62.1 Å². The molecule has 0 atom stereocenters. The lowest BCUT2D eigenvalue weighted by atomic mass is 9.94. The summed E-state index contributed by atoms with van der Waals surface area (Å²) in [5, 5.41) is 4.07. The predicted octanol–water partition coefficient (Wildman–Crippen LogP) is 5.42. The molecule has 43 heavy (non-hydrogen) atoms. The number of anilines is 1. The number of aromatic amines is 1. The van der Waals surface area contributed by atoms with Gasteiger partial charge in [0.25, 0.3) is 5.91 Å². The fourth-order valence-corrected chi connectivity index (χ4v) is 7.00. The number of nitrogens with one attached hydrogen (secondary N) is 2. The highest BCUT2D eigenvalue weighted by molar-refractivity contribution is 6.31. The maximum atomic E-state index is 13.0. The maximum Gasteiger partial charge on any atom is 0.252 e. The number of carbonyl (C=O) groups is 1. The first kappa shape index (κ1) is 28.9. The summed E-state index contributed by atoms with van der Waals surface area (Å²) in [7, 11) is 0. The van der Waals surface area contributed by atoms with Gasteiger partial charge in [0, 0.05) is 60.4 Å².